The second-order valence-corrected chi connectivity index (χ2v) is 9.95. The zero-order valence-electron chi connectivity index (χ0n) is 13.7. The summed E-state index contributed by atoms with van der Waals surface area (Å²) in [4.78, 5) is -2.71. The maximum absolute atomic E-state index is 11.9. The second kappa shape index (κ2) is 6.62. The van der Waals surface area contributed by atoms with Crippen LogP contribution >= 0.6 is 0 Å². The lowest BCUT2D eigenvalue weighted by Crippen LogP contribution is -2.07. The zero-order chi connectivity index (χ0) is 20.9. The predicted molar refractivity (Wildman–Crippen MR) is 98.8 cm³/mol. The third kappa shape index (κ3) is 3.78. The normalized spacial score (nSPS) is 13.0. The maximum atomic E-state index is 11.9. The molecule has 0 aliphatic carbocycles. The second-order valence-electron chi connectivity index (χ2n) is 5.75. The largest absolute Gasteiger partial charge is 0.295 e. The summed E-state index contributed by atoms with van der Waals surface area (Å²) in [6.45, 7) is 0. The van der Waals surface area contributed by atoms with Crippen molar-refractivity contribution in [1.82, 2.24) is 0 Å². The molecule has 0 unspecified atom stereocenters. The Morgan fingerprint density at radius 1 is 0.607 bits per heavy atom. The molecule has 0 fully saturated rings. The van der Waals surface area contributed by atoms with E-state index in [1.54, 1.807) is 30.3 Å². The molecule has 0 heterocycles. The standard InChI is InChI=1S/C16H12O9S3/c17-26(18,19)11-8-13-14(27(20,21)22)7-6-12(10-4-2-1-3-5-10)16(13)15(9-11)28(23,24)25/h1-9H,(H,17,18,19)(H,20,21,22)(H,23,24,25). The summed E-state index contributed by atoms with van der Waals surface area (Å²) in [5, 5.41) is -0.845. The summed E-state index contributed by atoms with van der Waals surface area (Å²) >= 11 is 0. The molecule has 0 aliphatic heterocycles. The first-order valence-corrected chi connectivity index (χ1v) is 11.7. The van der Waals surface area contributed by atoms with Gasteiger partial charge in [-0.2, -0.15) is 25.3 Å². The Balaban J connectivity index is 2.68. The molecule has 0 saturated heterocycles. The molecule has 9 nitrogen and oxygen atoms in total. The number of fused-ring (bicyclic) bond motifs is 1. The van der Waals surface area contributed by atoms with Gasteiger partial charge in [0.05, 0.1) is 4.90 Å². The molecule has 0 saturated carbocycles. The predicted octanol–water partition coefficient (Wildman–Crippen LogP) is 2.25. The van der Waals surface area contributed by atoms with E-state index in [1.165, 1.54) is 6.07 Å². The molecular weight excluding hydrogens is 432 g/mol. The van der Waals surface area contributed by atoms with E-state index in [0.717, 1.165) is 6.07 Å². The van der Waals surface area contributed by atoms with E-state index in [-0.39, 0.29) is 10.9 Å². The van der Waals surface area contributed by atoms with Crippen LogP contribution < -0.4 is 0 Å². The quantitative estimate of drug-likeness (QED) is 0.512. The van der Waals surface area contributed by atoms with Crippen LogP contribution in [0.5, 0.6) is 0 Å². The molecule has 28 heavy (non-hydrogen) atoms. The summed E-state index contributed by atoms with van der Waals surface area (Å²) in [7, 11) is -14.9. The van der Waals surface area contributed by atoms with Gasteiger partial charge in [-0.1, -0.05) is 36.4 Å². The van der Waals surface area contributed by atoms with Crippen molar-refractivity contribution >= 4 is 41.1 Å². The van der Waals surface area contributed by atoms with Gasteiger partial charge in [0.25, 0.3) is 30.4 Å². The van der Waals surface area contributed by atoms with E-state index in [1.807, 2.05) is 0 Å². The summed E-state index contributed by atoms with van der Waals surface area (Å²) in [6.07, 6.45) is 0. The van der Waals surface area contributed by atoms with Gasteiger partial charge in [0.15, 0.2) is 0 Å². The molecule has 3 rings (SSSR count). The smallest absolute Gasteiger partial charge is 0.282 e. The number of benzene rings is 3. The van der Waals surface area contributed by atoms with Crippen molar-refractivity contribution in [3.63, 3.8) is 0 Å². The maximum Gasteiger partial charge on any atom is 0.295 e. The van der Waals surface area contributed by atoms with E-state index in [0.29, 0.717) is 17.7 Å². The topological polar surface area (TPSA) is 163 Å². The first kappa shape index (κ1) is 20.4. The van der Waals surface area contributed by atoms with Crippen LogP contribution in [0, 0.1) is 0 Å². The van der Waals surface area contributed by atoms with E-state index in [2.05, 4.69) is 0 Å². The first-order valence-electron chi connectivity index (χ1n) is 7.39. The average molecular weight is 444 g/mol. The van der Waals surface area contributed by atoms with Crippen LogP contribution in [-0.4, -0.2) is 38.9 Å². The van der Waals surface area contributed by atoms with Crippen LogP contribution in [0.3, 0.4) is 0 Å². The number of hydrogen-bond donors (Lipinski definition) is 3. The summed E-state index contributed by atoms with van der Waals surface area (Å²) in [5.41, 5.74) is 0.580. The van der Waals surface area contributed by atoms with Gasteiger partial charge in [-0.25, -0.2) is 0 Å². The van der Waals surface area contributed by atoms with Gasteiger partial charge in [-0.3, -0.25) is 13.7 Å². The summed E-state index contributed by atoms with van der Waals surface area (Å²) in [6, 6.07) is 11.5. The van der Waals surface area contributed by atoms with Crippen LogP contribution in [0.15, 0.2) is 69.3 Å². The lowest BCUT2D eigenvalue weighted by molar-refractivity contribution is 0.478. The molecular formula is C16H12O9S3. The molecule has 148 valence electrons. The minimum atomic E-state index is -5.06. The Labute approximate surface area is 160 Å². The Kier molecular flexibility index (Phi) is 4.82. The highest BCUT2D eigenvalue weighted by Crippen LogP contribution is 2.38. The molecule has 0 aliphatic rings. The summed E-state index contributed by atoms with van der Waals surface area (Å²) < 4.78 is 98.9. The lowest BCUT2D eigenvalue weighted by Gasteiger charge is -2.14. The molecule has 0 aromatic heterocycles. The van der Waals surface area contributed by atoms with E-state index < -0.39 is 50.4 Å². The highest BCUT2D eigenvalue weighted by atomic mass is 32.2. The highest BCUT2D eigenvalue weighted by molar-refractivity contribution is 7.87. The highest BCUT2D eigenvalue weighted by Gasteiger charge is 2.26. The third-order valence-electron chi connectivity index (χ3n) is 3.95. The minimum absolute atomic E-state index is 0.150. The molecule has 0 spiro atoms. The third-order valence-corrected chi connectivity index (χ3v) is 6.57. The van der Waals surface area contributed by atoms with Gasteiger partial charge in [0.2, 0.25) is 0 Å². The molecule has 3 N–H and O–H groups in total. The molecule has 0 radical (unpaired) electrons. The molecule has 0 bridgehead atoms. The van der Waals surface area contributed by atoms with E-state index in [9.17, 15) is 38.9 Å². The monoisotopic (exact) mass is 444 g/mol. The minimum Gasteiger partial charge on any atom is -0.282 e. The van der Waals surface area contributed by atoms with E-state index in [4.69, 9.17) is 0 Å². The van der Waals surface area contributed by atoms with Crippen molar-refractivity contribution in [3.8, 4) is 11.1 Å². The van der Waals surface area contributed by atoms with Crippen molar-refractivity contribution in [2.24, 2.45) is 0 Å². The van der Waals surface area contributed by atoms with Crippen LogP contribution in [0.4, 0.5) is 0 Å². The van der Waals surface area contributed by atoms with Gasteiger partial charge < -0.3 is 0 Å². The fourth-order valence-electron chi connectivity index (χ4n) is 2.83. The Bertz CT molecular complexity index is 1410. The average Bonchev–Trinajstić information content (AvgIpc) is 2.58. The Morgan fingerprint density at radius 3 is 1.68 bits per heavy atom. The molecule has 3 aromatic rings. The molecule has 0 atom stereocenters. The Morgan fingerprint density at radius 2 is 1.18 bits per heavy atom. The molecule has 3 aromatic carbocycles. The first-order chi connectivity index (χ1) is 12.8. The van der Waals surface area contributed by atoms with Crippen LogP contribution in [0.2, 0.25) is 0 Å². The van der Waals surface area contributed by atoms with Crippen molar-refractivity contribution in [2.45, 2.75) is 14.7 Å². The number of hydrogen-bond acceptors (Lipinski definition) is 6. The van der Waals surface area contributed by atoms with Gasteiger partial charge in [-0.05, 0) is 29.3 Å². The van der Waals surface area contributed by atoms with Crippen LogP contribution in [-0.2, 0) is 30.4 Å². The Hall–Kier alpha value is -2.35. The van der Waals surface area contributed by atoms with Gasteiger partial charge in [-0.15, -0.1) is 0 Å². The fourth-order valence-corrected chi connectivity index (χ4v) is 4.87. The fraction of sp³-hybridized carbons (Fsp3) is 0. The van der Waals surface area contributed by atoms with Crippen LogP contribution in [0.25, 0.3) is 21.9 Å². The van der Waals surface area contributed by atoms with Crippen molar-refractivity contribution in [3.05, 3.63) is 54.6 Å². The lowest BCUT2D eigenvalue weighted by atomic mass is 9.98. The zero-order valence-corrected chi connectivity index (χ0v) is 16.2. The molecule has 0 amide bonds. The molecule has 12 heteroatoms. The van der Waals surface area contributed by atoms with Crippen molar-refractivity contribution in [2.75, 3.05) is 0 Å². The SMILES string of the molecule is O=S(=O)(O)c1cc(S(=O)(=O)O)c2c(-c3ccccc3)ccc(S(=O)(=O)O)c2c1. The van der Waals surface area contributed by atoms with E-state index >= 15 is 0 Å². The summed E-state index contributed by atoms with van der Waals surface area (Å²) in [5.74, 6) is 0. The van der Waals surface area contributed by atoms with Crippen molar-refractivity contribution < 1.29 is 38.9 Å². The number of rotatable bonds is 4. The van der Waals surface area contributed by atoms with Crippen molar-refractivity contribution in [1.29, 1.82) is 0 Å². The van der Waals surface area contributed by atoms with Gasteiger partial charge in [0, 0.05) is 10.8 Å². The van der Waals surface area contributed by atoms with Gasteiger partial charge in [0.1, 0.15) is 9.79 Å². The van der Waals surface area contributed by atoms with Gasteiger partial charge >= 0.3 is 0 Å². The van der Waals surface area contributed by atoms with Crippen LogP contribution in [0.1, 0.15) is 0 Å².